The highest BCUT2D eigenvalue weighted by molar-refractivity contribution is 9.11. The van der Waals surface area contributed by atoms with Crippen LogP contribution in [0.4, 0.5) is 0 Å². The van der Waals surface area contributed by atoms with Gasteiger partial charge in [0, 0.05) is 18.0 Å². The van der Waals surface area contributed by atoms with Crippen LogP contribution < -0.4 is 4.74 Å². The molecule has 1 atom stereocenters. The molecule has 28 heavy (non-hydrogen) atoms. The summed E-state index contributed by atoms with van der Waals surface area (Å²) in [6.45, 7) is 5.57. The van der Waals surface area contributed by atoms with Gasteiger partial charge in [-0.15, -0.1) is 11.3 Å². The second-order valence-corrected chi connectivity index (χ2v) is 11.0. The molecule has 2 heterocycles. The van der Waals surface area contributed by atoms with E-state index in [0.29, 0.717) is 12.3 Å². The van der Waals surface area contributed by atoms with Crippen LogP contribution in [-0.2, 0) is 26.6 Å². The molecule has 0 bridgehead atoms. The molecule has 1 N–H and O–H groups in total. The molecule has 6 nitrogen and oxygen atoms in total. The Morgan fingerprint density at radius 1 is 1.29 bits per heavy atom. The van der Waals surface area contributed by atoms with Crippen molar-refractivity contribution in [3.05, 3.63) is 44.1 Å². The molecule has 0 spiro atoms. The van der Waals surface area contributed by atoms with Crippen LogP contribution in [0.25, 0.3) is 0 Å². The predicted octanol–water partition coefficient (Wildman–Crippen LogP) is 5.55. The molecule has 1 aromatic carbocycles. The van der Waals surface area contributed by atoms with Gasteiger partial charge < -0.3 is 18.9 Å². The van der Waals surface area contributed by atoms with E-state index < -0.39 is 13.4 Å². The zero-order valence-electron chi connectivity index (χ0n) is 16.2. The van der Waals surface area contributed by atoms with Crippen LogP contribution in [0.15, 0.2) is 28.1 Å². The van der Waals surface area contributed by atoms with Gasteiger partial charge in [0.25, 0.3) is 0 Å². The topological polar surface area (TPSA) is 68.2 Å². The van der Waals surface area contributed by atoms with Crippen LogP contribution in [0.2, 0.25) is 0 Å². The van der Waals surface area contributed by atoms with E-state index in [1.165, 1.54) is 17.6 Å². The highest BCUT2D eigenvalue weighted by Gasteiger charge is 2.42. The number of hydrogen-bond acceptors (Lipinski definition) is 7. The third-order valence-corrected chi connectivity index (χ3v) is 8.83. The van der Waals surface area contributed by atoms with Crippen molar-refractivity contribution < 1.29 is 23.5 Å². The zero-order chi connectivity index (χ0) is 20.3. The van der Waals surface area contributed by atoms with E-state index in [0.717, 1.165) is 22.3 Å². The monoisotopic (exact) mass is 489 g/mol. The number of thiophene rings is 1. The standard InChI is InChI=1S/C19H25BrNO5PS/c1-4-25-27(23,26-5-2)19(13-6-7-15(22)16(10-13)24-3)21-9-8-17-14(12-21)11-18(20)28-17/h6-7,10-11,19,22H,4-5,8-9,12H2,1-3H3. The van der Waals surface area contributed by atoms with Crippen LogP contribution in [0, 0.1) is 0 Å². The van der Waals surface area contributed by atoms with Gasteiger partial charge in [0.15, 0.2) is 11.5 Å². The Bertz CT molecular complexity index is 864. The molecular weight excluding hydrogens is 465 g/mol. The van der Waals surface area contributed by atoms with Crippen LogP contribution in [0.5, 0.6) is 11.5 Å². The van der Waals surface area contributed by atoms with Gasteiger partial charge in [-0.3, -0.25) is 9.46 Å². The Balaban J connectivity index is 2.05. The number of phenolic OH excluding ortho intramolecular Hbond substituents is 1. The maximum atomic E-state index is 13.8. The summed E-state index contributed by atoms with van der Waals surface area (Å²) in [5.74, 6) is -0.220. The van der Waals surface area contributed by atoms with E-state index in [-0.39, 0.29) is 19.0 Å². The number of aromatic hydroxyl groups is 1. The summed E-state index contributed by atoms with van der Waals surface area (Å²) in [6.07, 6.45) is 0.871. The molecular formula is C19H25BrNO5PS. The fourth-order valence-electron chi connectivity index (χ4n) is 3.51. The summed E-state index contributed by atoms with van der Waals surface area (Å²) in [5, 5.41) is 10.00. The third kappa shape index (κ3) is 4.48. The Morgan fingerprint density at radius 3 is 2.64 bits per heavy atom. The molecule has 0 saturated carbocycles. The van der Waals surface area contributed by atoms with Gasteiger partial charge in [-0.1, -0.05) is 6.07 Å². The molecule has 1 aliphatic rings. The lowest BCUT2D eigenvalue weighted by molar-refractivity contribution is 0.154. The third-order valence-electron chi connectivity index (χ3n) is 4.63. The fourth-order valence-corrected chi connectivity index (χ4v) is 7.46. The van der Waals surface area contributed by atoms with Crippen molar-refractivity contribution in [2.45, 2.75) is 32.6 Å². The number of ether oxygens (including phenoxy) is 1. The largest absolute Gasteiger partial charge is 0.504 e. The molecule has 0 saturated heterocycles. The predicted molar refractivity (Wildman–Crippen MR) is 114 cm³/mol. The molecule has 1 unspecified atom stereocenters. The lowest BCUT2D eigenvalue weighted by atomic mass is 10.1. The van der Waals surface area contributed by atoms with Crippen LogP contribution in [-0.4, -0.2) is 36.9 Å². The molecule has 2 aromatic rings. The van der Waals surface area contributed by atoms with E-state index in [4.69, 9.17) is 13.8 Å². The van der Waals surface area contributed by atoms with Crippen molar-refractivity contribution in [3.63, 3.8) is 0 Å². The molecule has 9 heteroatoms. The minimum atomic E-state index is -3.49. The Hall–Kier alpha value is -0.890. The molecule has 1 aliphatic heterocycles. The van der Waals surface area contributed by atoms with Gasteiger partial charge in [0.1, 0.15) is 5.78 Å². The summed E-state index contributed by atoms with van der Waals surface area (Å²) in [6, 6.07) is 7.14. The highest BCUT2D eigenvalue weighted by atomic mass is 79.9. The smallest absolute Gasteiger partial charge is 0.352 e. The van der Waals surface area contributed by atoms with Gasteiger partial charge in [-0.2, -0.15) is 0 Å². The molecule has 0 aliphatic carbocycles. The minimum Gasteiger partial charge on any atom is -0.504 e. The summed E-state index contributed by atoms with van der Waals surface area (Å²) in [5.41, 5.74) is 1.95. The number of hydrogen-bond donors (Lipinski definition) is 1. The SMILES string of the molecule is CCOP(=O)(OCC)C(c1ccc(O)c(OC)c1)N1CCc2sc(Br)cc2C1. The minimum absolute atomic E-state index is 0.0374. The zero-order valence-corrected chi connectivity index (χ0v) is 19.5. The number of methoxy groups -OCH3 is 1. The van der Waals surface area contributed by atoms with Gasteiger partial charge in [-0.05, 0) is 65.5 Å². The van der Waals surface area contributed by atoms with Crippen molar-refractivity contribution >= 4 is 34.9 Å². The first-order chi connectivity index (χ1) is 13.4. The Morgan fingerprint density at radius 2 is 2.00 bits per heavy atom. The Labute approximate surface area is 178 Å². The van der Waals surface area contributed by atoms with Gasteiger partial charge in [0.2, 0.25) is 0 Å². The van der Waals surface area contributed by atoms with Gasteiger partial charge >= 0.3 is 7.60 Å². The van der Waals surface area contributed by atoms with Crippen molar-refractivity contribution in [1.29, 1.82) is 0 Å². The van der Waals surface area contributed by atoms with E-state index in [9.17, 15) is 9.67 Å². The van der Waals surface area contributed by atoms with Crippen LogP contribution >= 0.6 is 34.9 Å². The molecule has 154 valence electrons. The maximum absolute atomic E-state index is 13.8. The number of fused-ring (bicyclic) bond motifs is 1. The average molecular weight is 490 g/mol. The normalized spacial score (nSPS) is 16.0. The molecule has 3 rings (SSSR count). The molecule has 0 amide bonds. The number of benzene rings is 1. The van der Waals surface area contributed by atoms with Gasteiger partial charge in [0.05, 0.1) is 24.1 Å². The van der Waals surface area contributed by atoms with Crippen molar-refractivity contribution in [1.82, 2.24) is 4.90 Å². The van der Waals surface area contributed by atoms with Crippen LogP contribution in [0.1, 0.15) is 35.6 Å². The first kappa shape index (κ1) is 21.8. The van der Waals surface area contributed by atoms with Gasteiger partial charge in [-0.25, -0.2) is 0 Å². The number of rotatable bonds is 8. The van der Waals surface area contributed by atoms with E-state index >= 15 is 0 Å². The van der Waals surface area contributed by atoms with Crippen molar-refractivity contribution in [3.8, 4) is 11.5 Å². The Kier molecular flexibility index (Phi) is 7.23. The molecule has 0 fully saturated rings. The summed E-state index contributed by atoms with van der Waals surface area (Å²) in [4.78, 5) is 3.48. The fraction of sp³-hybridized carbons (Fsp3) is 0.474. The van der Waals surface area contributed by atoms with Crippen LogP contribution in [0.3, 0.4) is 0 Å². The number of halogens is 1. The first-order valence-electron chi connectivity index (χ1n) is 9.18. The maximum Gasteiger partial charge on any atom is 0.352 e. The second kappa shape index (κ2) is 9.28. The highest BCUT2D eigenvalue weighted by Crippen LogP contribution is 2.63. The van der Waals surface area contributed by atoms with Crippen molar-refractivity contribution in [2.24, 2.45) is 0 Å². The quantitative estimate of drug-likeness (QED) is 0.490. The molecule has 1 aromatic heterocycles. The lowest BCUT2D eigenvalue weighted by Crippen LogP contribution is -2.34. The van der Waals surface area contributed by atoms with E-state index in [1.54, 1.807) is 29.5 Å². The van der Waals surface area contributed by atoms with Crippen molar-refractivity contribution in [2.75, 3.05) is 26.9 Å². The van der Waals surface area contributed by atoms with E-state index in [2.05, 4.69) is 26.9 Å². The van der Waals surface area contributed by atoms with E-state index in [1.807, 2.05) is 13.8 Å². The average Bonchev–Trinajstić information content (AvgIpc) is 3.03. The first-order valence-corrected chi connectivity index (χ1v) is 12.4. The summed E-state index contributed by atoms with van der Waals surface area (Å²) >= 11 is 5.30. The number of phenols is 1. The second-order valence-electron chi connectivity index (χ2n) is 6.40. The molecule has 0 radical (unpaired) electrons. The lowest BCUT2D eigenvalue weighted by Gasteiger charge is -2.38. The number of nitrogens with zero attached hydrogens (tertiary/aromatic N) is 1. The summed E-state index contributed by atoms with van der Waals surface area (Å²) in [7, 11) is -2.00. The summed E-state index contributed by atoms with van der Waals surface area (Å²) < 4.78 is 31.6.